The molecule has 1 amide bonds. The molecule has 1 aliphatic carbocycles. The highest BCUT2D eigenvalue weighted by molar-refractivity contribution is 6.31. The maximum absolute atomic E-state index is 13.8. The Kier molecular flexibility index (Phi) is 5.19. The molecule has 1 saturated carbocycles. The number of amides is 1. The van der Waals surface area contributed by atoms with Crippen molar-refractivity contribution < 1.29 is 19.1 Å². The normalized spacial score (nSPS) is 21.6. The largest absolute Gasteiger partial charge is 0.480 e. The highest BCUT2D eigenvalue weighted by Crippen LogP contribution is 2.50. The number of allylic oxidation sites excluding steroid dienone is 1. The zero-order valence-electron chi connectivity index (χ0n) is 12.1. The molecule has 3 unspecified atom stereocenters. The van der Waals surface area contributed by atoms with Gasteiger partial charge in [-0.1, -0.05) is 29.8 Å². The van der Waals surface area contributed by atoms with Gasteiger partial charge in [-0.3, -0.25) is 4.79 Å². The Morgan fingerprint density at radius 1 is 1.55 bits per heavy atom. The number of nitrogens with one attached hydrogen (secondary N) is 1. The Morgan fingerprint density at radius 2 is 2.27 bits per heavy atom. The van der Waals surface area contributed by atoms with E-state index in [2.05, 4.69) is 5.32 Å². The highest BCUT2D eigenvalue weighted by Gasteiger charge is 2.46. The van der Waals surface area contributed by atoms with Gasteiger partial charge in [-0.2, -0.15) is 0 Å². The van der Waals surface area contributed by atoms with Gasteiger partial charge >= 0.3 is 5.97 Å². The fraction of sp³-hybridized carbons (Fsp3) is 0.375. The van der Waals surface area contributed by atoms with Crippen molar-refractivity contribution in [3.63, 3.8) is 0 Å². The zero-order chi connectivity index (χ0) is 16.3. The van der Waals surface area contributed by atoms with Gasteiger partial charge in [0.05, 0.1) is 0 Å². The van der Waals surface area contributed by atoms with E-state index in [1.807, 2.05) is 0 Å². The van der Waals surface area contributed by atoms with Crippen LogP contribution in [0.15, 0.2) is 30.4 Å². The Bertz CT molecular complexity index is 597. The summed E-state index contributed by atoms with van der Waals surface area (Å²) in [5.74, 6) is -2.61. The standard InChI is InChI=1S/C16H17ClFNO3/c1-2-3-7-13(16(21)22)19-15(20)10-8-9(10)14-11(17)5-4-6-12(14)18/h2-6,9-10,13H,7-8H2,1H3,(H,19,20)(H,21,22)/b3-2+. The Morgan fingerprint density at radius 3 is 2.86 bits per heavy atom. The molecule has 0 radical (unpaired) electrons. The first kappa shape index (κ1) is 16.5. The predicted octanol–water partition coefficient (Wildman–Crippen LogP) is 3.12. The van der Waals surface area contributed by atoms with Crippen LogP contribution < -0.4 is 5.32 Å². The maximum atomic E-state index is 13.8. The molecule has 2 N–H and O–H groups in total. The van der Waals surface area contributed by atoms with Gasteiger partial charge in [-0.25, -0.2) is 9.18 Å². The molecule has 0 bridgehead atoms. The molecule has 3 atom stereocenters. The fourth-order valence-corrected chi connectivity index (χ4v) is 2.74. The lowest BCUT2D eigenvalue weighted by atomic mass is 10.1. The van der Waals surface area contributed by atoms with Crippen molar-refractivity contribution in [2.24, 2.45) is 5.92 Å². The lowest BCUT2D eigenvalue weighted by Gasteiger charge is -2.13. The van der Waals surface area contributed by atoms with Crippen molar-refractivity contribution in [2.45, 2.75) is 31.7 Å². The van der Waals surface area contributed by atoms with Crippen LogP contribution in [-0.4, -0.2) is 23.0 Å². The topological polar surface area (TPSA) is 66.4 Å². The smallest absolute Gasteiger partial charge is 0.326 e. The van der Waals surface area contributed by atoms with Crippen LogP contribution in [0, 0.1) is 11.7 Å². The number of aliphatic carboxylic acids is 1. The first-order chi connectivity index (χ1) is 10.5. The van der Waals surface area contributed by atoms with Gasteiger partial charge in [0.2, 0.25) is 5.91 Å². The molecule has 6 heteroatoms. The molecule has 0 spiro atoms. The number of hydrogen-bond donors (Lipinski definition) is 2. The van der Waals surface area contributed by atoms with Gasteiger partial charge in [0.15, 0.2) is 0 Å². The molecular weight excluding hydrogens is 309 g/mol. The van der Waals surface area contributed by atoms with Crippen molar-refractivity contribution >= 4 is 23.5 Å². The van der Waals surface area contributed by atoms with Crippen molar-refractivity contribution in [1.29, 1.82) is 0 Å². The van der Waals surface area contributed by atoms with Gasteiger partial charge in [0.1, 0.15) is 11.9 Å². The Labute approximate surface area is 133 Å². The van der Waals surface area contributed by atoms with E-state index in [9.17, 15) is 14.0 Å². The summed E-state index contributed by atoms with van der Waals surface area (Å²) < 4.78 is 13.8. The summed E-state index contributed by atoms with van der Waals surface area (Å²) in [7, 11) is 0. The first-order valence-electron chi connectivity index (χ1n) is 7.04. The Hall–Kier alpha value is -1.88. The van der Waals surface area contributed by atoms with Gasteiger partial charge in [0.25, 0.3) is 0 Å². The summed E-state index contributed by atoms with van der Waals surface area (Å²) >= 11 is 5.98. The molecule has 1 fully saturated rings. The second-order valence-corrected chi connectivity index (χ2v) is 5.70. The van der Waals surface area contributed by atoms with Crippen LogP contribution in [0.2, 0.25) is 5.02 Å². The monoisotopic (exact) mass is 325 g/mol. The Balaban J connectivity index is 2.02. The molecular formula is C16H17ClFNO3. The number of benzene rings is 1. The second kappa shape index (κ2) is 6.92. The summed E-state index contributed by atoms with van der Waals surface area (Å²) in [4.78, 5) is 23.2. The summed E-state index contributed by atoms with van der Waals surface area (Å²) in [6.45, 7) is 1.78. The molecule has 1 aliphatic rings. The zero-order valence-corrected chi connectivity index (χ0v) is 12.8. The molecule has 0 aromatic heterocycles. The van der Waals surface area contributed by atoms with Gasteiger partial charge in [-0.05, 0) is 31.9 Å². The van der Waals surface area contributed by atoms with Crippen LogP contribution in [0.25, 0.3) is 0 Å². The summed E-state index contributed by atoms with van der Waals surface area (Å²) in [6.07, 6.45) is 4.09. The number of carboxylic acids is 1. The number of carbonyl (C=O) groups excluding carboxylic acids is 1. The third-order valence-corrected chi connectivity index (χ3v) is 4.05. The van der Waals surface area contributed by atoms with Crippen LogP contribution >= 0.6 is 11.6 Å². The number of rotatable bonds is 6. The van der Waals surface area contributed by atoms with E-state index in [0.717, 1.165) is 0 Å². The molecule has 0 aliphatic heterocycles. The second-order valence-electron chi connectivity index (χ2n) is 5.29. The average Bonchev–Trinajstić information content (AvgIpc) is 3.23. The van der Waals surface area contributed by atoms with Gasteiger partial charge < -0.3 is 10.4 Å². The minimum atomic E-state index is -1.09. The number of carbonyl (C=O) groups is 2. The van der Waals surface area contributed by atoms with Crippen molar-refractivity contribution in [3.05, 3.63) is 46.8 Å². The molecule has 2 rings (SSSR count). The molecule has 1 aromatic carbocycles. The van der Waals surface area contributed by atoms with Crippen molar-refractivity contribution in [3.8, 4) is 0 Å². The molecule has 0 saturated heterocycles. The number of halogens is 2. The van der Waals surface area contributed by atoms with E-state index < -0.39 is 23.7 Å². The molecule has 118 valence electrons. The maximum Gasteiger partial charge on any atom is 0.326 e. The third kappa shape index (κ3) is 3.65. The van der Waals surface area contributed by atoms with E-state index in [0.29, 0.717) is 17.0 Å². The quantitative estimate of drug-likeness (QED) is 0.790. The number of carboxylic acid groups (broad SMARTS) is 1. The summed E-state index contributed by atoms with van der Waals surface area (Å²) in [5.41, 5.74) is 0.338. The molecule has 1 aromatic rings. The third-order valence-electron chi connectivity index (χ3n) is 3.72. The van der Waals surface area contributed by atoms with E-state index in [1.54, 1.807) is 25.1 Å². The fourth-order valence-electron chi connectivity index (χ4n) is 2.44. The highest BCUT2D eigenvalue weighted by atomic mass is 35.5. The van der Waals surface area contributed by atoms with Crippen molar-refractivity contribution in [2.75, 3.05) is 0 Å². The van der Waals surface area contributed by atoms with E-state index >= 15 is 0 Å². The summed E-state index contributed by atoms with van der Waals surface area (Å²) in [6, 6.07) is 3.43. The van der Waals surface area contributed by atoms with Gasteiger partial charge in [0, 0.05) is 22.4 Å². The average molecular weight is 326 g/mol. The summed E-state index contributed by atoms with van der Waals surface area (Å²) in [5, 5.41) is 11.9. The van der Waals surface area contributed by atoms with Gasteiger partial charge in [-0.15, -0.1) is 0 Å². The molecule has 0 heterocycles. The number of hydrogen-bond acceptors (Lipinski definition) is 2. The minimum Gasteiger partial charge on any atom is -0.480 e. The van der Waals surface area contributed by atoms with Crippen LogP contribution in [-0.2, 0) is 9.59 Å². The van der Waals surface area contributed by atoms with Crippen LogP contribution in [0.4, 0.5) is 4.39 Å². The van der Waals surface area contributed by atoms with Crippen LogP contribution in [0.1, 0.15) is 31.2 Å². The SMILES string of the molecule is C/C=C/CC(NC(=O)C1CC1c1c(F)cccc1Cl)C(=O)O. The van der Waals surface area contributed by atoms with Crippen LogP contribution in [0.5, 0.6) is 0 Å². The molecule has 22 heavy (non-hydrogen) atoms. The van der Waals surface area contributed by atoms with E-state index in [4.69, 9.17) is 16.7 Å². The van der Waals surface area contributed by atoms with E-state index in [-0.39, 0.29) is 18.2 Å². The molecule has 4 nitrogen and oxygen atoms in total. The van der Waals surface area contributed by atoms with Crippen molar-refractivity contribution in [1.82, 2.24) is 5.32 Å². The minimum absolute atomic E-state index is 0.218. The van der Waals surface area contributed by atoms with Crippen LogP contribution in [0.3, 0.4) is 0 Å². The lowest BCUT2D eigenvalue weighted by Crippen LogP contribution is -2.41. The predicted molar refractivity (Wildman–Crippen MR) is 81.3 cm³/mol. The van der Waals surface area contributed by atoms with E-state index in [1.165, 1.54) is 12.1 Å². The lowest BCUT2D eigenvalue weighted by molar-refractivity contribution is -0.141. The first-order valence-corrected chi connectivity index (χ1v) is 7.41.